The topological polar surface area (TPSA) is 51.2 Å². The Hall–Kier alpha value is -2.01. The number of carbonyl (C=O) groups excluding carboxylic acids is 1. The fourth-order valence-electron chi connectivity index (χ4n) is 2.40. The Kier molecular flexibility index (Phi) is 4.96. The van der Waals surface area contributed by atoms with Gasteiger partial charge >= 0.3 is 0 Å². The molecule has 1 aromatic carbocycles. The third-order valence-corrected chi connectivity index (χ3v) is 4.48. The van der Waals surface area contributed by atoms with E-state index in [9.17, 15) is 4.79 Å². The number of amides is 1. The van der Waals surface area contributed by atoms with Crippen molar-refractivity contribution in [1.29, 1.82) is 0 Å². The van der Waals surface area contributed by atoms with Crippen molar-refractivity contribution in [1.82, 2.24) is 10.3 Å². The minimum Gasteiger partial charge on any atom is -0.492 e. The van der Waals surface area contributed by atoms with Gasteiger partial charge in [0.25, 0.3) is 0 Å². The smallest absolute Gasteiger partial charge is 0.226 e. The molecule has 5 heteroatoms. The largest absolute Gasteiger partial charge is 0.492 e. The number of thioether (sulfide) groups is 1. The molecular formula is C17H18N2O2S. The number of aromatic nitrogens is 1. The van der Waals surface area contributed by atoms with Crippen LogP contribution in [0.25, 0.3) is 0 Å². The number of ether oxygens (including phenoxy) is 1. The van der Waals surface area contributed by atoms with Gasteiger partial charge in [0.1, 0.15) is 12.4 Å². The van der Waals surface area contributed by atoms with Crippen molar-refractivity contribution in [3.8, 4) is 5.75 Å². The van der Waals surface area contributed by atoms with E-state index in [1.165, 1.54) is 0 Å². The Balaban J connectivity index is 1.43. The zero-order chi connectivity index (χ0) is 15.2. The molecular weight excluding hydrogens is 296 g/mol. The SMILES string of the molecule is O=C(NCCSc1ccccn1)[C@@H]1COc2ccccc2C1. The second-order valence-corrected chi connectivity index (χ2v) is 6.24. The Morgan fingerprint density at radius 1 is 1.27 bits per heavy atom. The molecule has 114 valence electrons. The number of carbonyl (C=O) groups is 1. The van der Waals surface area contributed by atoms with Crippen LogP contribution >= 0.6 is 11.8 Å². The first-order valence-electron chi connectivity index (χ1n) is 7.35. The summed E-state index contributed by atoms with van der Waals surface area (Å²) in [6.45, 7) is 1.09. The summed E-state index contributed by atoms with van der Waals surface area (Å²) in [6, 6.07) is 13.7. The van der Waals surface area contributed by atoms with Gasteiger partial charge in [0, 0.05) is 18.5 Å². The summed E-state index contributed by atoms with van der Waals surface area (Å²) in [7, 11) is 0. The van der Waals surface area contributed by atoms with E-state index in [-0.39, 0.29) is 11.8 Å². The van der Waals surface area contributed by atoms with Crippen LogP contribution in [0.2, 0.25) is 0 Å². The zero-order valence-electron chi connectivity index (χ0n) is 12.2. The summed E-state index contributed by atoms with van der Waals surface area (Å²) < 4.78 is 5.66. The highest BCUT2D eigenvalue weighted by atomic mass is 32.2. The van der Waals surface area contributed by atoms with Crippen molar-refractivity contribution >= 4 is 17.7 Å². The third kappa shape index (κ3) is 3.80. The Bertz CT molecular complexity index is 634. The van der Waals surface area contributed by atoms with Crippen molar-refractivity contribution in [2.24, 2.45) is 5.92 Å². The normalized spacial score (nSPS) is 16.5. The van der Waals surface area contributed by atoms with Crippen molar-refractivity contribution in [2.75, 3.05) is 18.9 Å². The van der Waals surface area contributed by atoms with Crippen LogP contribution < -0.4 is 10.1 Å². The summed E-state index contributed by atoms with van der Waals surface area (Å²) in [5, 5.41) is 3.96. The lowest BCUT2D eigenvalue weighted by Crippen LogP contribution is -2.38. The minimum atomic E-state index is -0.102. The summed E-state index contributed by atoms with van der Waals surface area (Å²) in [6.07, 6.45) is 2.52. The van der Waals surface area contributed by atoms with E-state index < -0.39 is 0 Å². The van der Waals surface area contributed by atoms with Crippen LogP contribution in [0.5, 0.6) is 5.75 Å². The second-order valence-electron chi connectivity index (χ2n) is 5.13. The van der Waals surface area contributed by atoms with Crippen molar-refractivity contribution in [3.63, 3.8) is 0 Å². The van der Waals surface area contributed by atoms with Crippen LogP contribution in [-0.2, 0) is 11.2 Å². The lowest BCUT2D eigenvalue weighted by atomic mass is 9.96. The summed E-state index contributed by atoms with van der Waals surface area (Å²) in [5.74, 6) is 1.68. The molecule has 2 heterocycles. The van der Waals surface area contributed by atoms with Crippen LogP contribution in [0, 0.1) is 5.92 Å². The first-order chi connectivity index (χ1) is 10.8. The number of nitrogens with zero attached hydrogens (tertiary/aromatic N) is 1. The highest BCUT2D eigenvalue weighted by Gasteiger charge is 2.25. The molecule has 0 saturated heterocycles. The Morgan fingerprint density at radius 3 is 3.00 bits per heavy atom. The molecule has 4 nitrogen and oxygen atoms in total. The molecule has 1 aliphatic rings. The number of pyridine rings is 1. The van der Waals surface area contributed by atoms with E-state index in [1.54, 1.807) is 18.0 Å². The van der Waals surface area contributed by atoms with Gasteiger partial charge in [0.2, 0.25) is 5.91 Å². The molecule has 0 aliphatic carbocycles. The first kappa shape index (κ1) is 14.9. The van der Waals surface area contributed by atoms with Gasteiger partial charge in [-0.15, -0.1) is 11.8 Å². The number of nitrogens with one attached hydrogen (secondary N) is 1. The van der Waals surface area contributed by atoms with Crippen molar-refractivity contribution < 1.29 is 9.53 Å². The molecule has 3 rings (SSSR count). The molecule has 1 atom stereocenters. The maximum Gasteiger partial charge on any atom is 0.226 e. The monoisotopic (exact) mass is 314 g/mol. The molecule has 22 heavy (non-hydrogen) atoms. The number of benzene rings is 1. The maximum atomic E-state index is 12.2. The Morgan fingerprint density at radius 2 is 2.14 bits per heavy atom. The average molecular weight is 314 g/mol. The van der Waals surface area contributed by atoms with Crippen LogP contribution in [0.1, 0.15) is 5.56 Å². The van der Waals surface area contributed by atoms with Gasteiger partial charge in [0.05, 0.1) is 10.9 Å². The zero-order valence-corrected chi connectivity index (χ0v) is 13.0. The highest BCUT2D eigenvalue weighted by Crippen LogP contribution is 2.26. The molecule has 1 amide bonds. The standard InChI is InChI=1S/C17H18N2O2S/c20-17(19-9-10-22-16-7-3-4-8-18-16)14-11-13-5-1-2-6-15(13)21-12-14/h1-8,14H,9-12H2,(H,19,20)/t14-/m0/s1. The summed E-state index contributed by atoms with van der Waals surface area (Å²) in [4.78, 5) is 16.4. The number of hydrogen-bond acceptors (Lipinski definition) is 4. The first-order valence-corrected chi connectivity index (χ1v) is 8.34. The van der Waals surface area contributed by atoms with Crippen molar-refractivity contribution in [3.05, 3.63) is 54.2 Å². The van der Waals surface area contributed by atoms with E-state index in [0.29, 0.717) is 13.2 Å². The van der Waals surface area contributed by atoms with Crippen molar-refractivity contribution in [2.45, 2.75) is 11.4 Å². The maximum absolute atomic E-state index is 12.2. The molecule has 0 unspecified atom stereocenters. The predicted molar refractivity (Wildman–Crippen MR) is 87.1 cm³/mol. The van der Waals surface area contributed by atoms with Crippen LogP contribution in [0.4, 0.5) is 0 Å². The quantitative estimate of drug-likeness (QED) is 0.681. The van der Waals surface area contributed by atoms with E-state index in [0.717, 1.165) is 28.5 Å². The second kappa shape index (κ2) is 7.31. The van der Waals surface area contributed by atoms with Gasteiger partial charge in [-0.2, -0.15) is 0 Å². The van der Waals surface area contributed by atoms with E-state index in [1.807, 2.05) is 42.5 Å². The molecule has 1 aromatic heterocycles. The van der Waals surface area contributed by atoms with Gasteiger partial charge in [0.15, 0.2) is 0 Å². The summed E-state index contributed by atoms with van der Waals surface area (Å²) >= 11 is 1.64. The average Bonchev–Trinajstić information content (AvgIpc) is 2.59. The fraction of sp³-hybridized carbons (Fsp3) is 0.294. The van der Waals surface area contributed by atoms with Gasteiger partial charge < -0.3 is 10.1 Å². The van der Waals surface area contributed by atoms with Crippen LogP contribution in [0.3, 0.4) is 0 Å². The minimum absolute atomic E-state index is 0.0659. The lowest BCUT2D eigenvalue weighted by Gasteiger charge is -2.24. The molecule has 2 aromatic rings. The van der Waals surface area contributed by atoms with Gasteiger partial charge in [-0.05, 0) is 30.2 Å². The van der Waals surface area contributed by atoms with Gasteiger partial charge in [-0.1, -0.05) is 24.3 Å². The number of para-hydroxylation sites is 1. The van der Waals surface area contributed by atoms with E-state index in [2.05, 4.69) is 10.3 Å². The number of fused-ring (bicyclic) bond motifs is 1. The van der Waals surface area contributed by atoms with Gasteiger partial charge in [-0.25, -0.2) is 4.98 Å². The molecule has 0 radical (unpaired) electrons. The summed E-state index contributed by atoms with van der Waals surface area (Å²) in [5.41, 5.74) is 1.11. The number of rotatable bonds is 5. The lowest BCUT2D eigenvalue weighted by molar-refractivity contribution is -0.126. The molecule has 1 N–H and O–H groups in total. The van der Waals surface area contributed by atoms with E-state index >= 15 is 0 Å². The van der Waals surface area contributed by atoms with Crippen LogP contribution in [-0.4, -0.2) is 29.8 Å². The molecule has 0 spiro atoms. The number of hydrogen-bond donors (Lipinski definition) is 1. The molecule has 0 saturated carbocycles. The highest BCUT2D eigenvalue weighted by molar-refractivity contribution is 7.99. The van der Waals surface area contributed by atoms with Gasteiger partial charge in [-0.3, -0.25) is 4.79 Å². The molecule has 1 aliphatic heterocycles. The predicted octanol–water partition coefficient (Wildman–Crippen LogP) is 2.54. The third-order valence-electron chi connectivity index (χ3n) is 3.54. The molecule has 0 bridgehead atoms. The fourth-order valence-corrected chi connectivity index (χ4v) is 3.13. The van der Waals surface area contributed by atoms with E-state index in [4.69, 9.17) is 4.74 Å². The Labute approximate surface area is 134 Å². The van der Waals surface area contributed by atoms with Crippen LogP contribution in [0.15, 0.2) is 53.7 Å². The molecule has 0 fully saturated rings.